The van der Waals surface area contributed by atoms with Gasteiger partial charge < -0.3 is 39.4 Å². The topological polar surface area (TPSA) is 182 Å². The molecule has 4 atom stereocenters. The average molecular weight is 1010 g/mol. The zero-order valence-corrected chi connectivity index (χ0v) is 44.1. The SMILES string of the molecule is C#CCOc1cc(C[N+]2(CC(=O)N(C(=O)[C@@]3(C)CO3)[C@@H](CCc3ccccc3)C(=O)N[C@@H](CC(C)C)C(=O)N[C@@H](Cc3ccccc3)C(=O)NCCC(C)C)CCOCC2)ccc1OC(=O)CCCCCCC. The Morgan fingerprint density at radius 1 is 0.781 bits per heavy atom. The summed E-state index contributed by atoms with van der Waals surface area (Å²) in [7, 11) is 0. The fraction of sp³-hybridized carbons (Fsp3) is 0.552. The number of imide groups is 1. The standard InChI is InChI=1S/C58H79N5O10/c1-8-10-11-12-19-24-53(65)73-50-28-26-46(38-51(50)71-33-9-2)39-63(31-34-70-35-32-63)40-52(64)62(57(69)58(7)41-72-58)49(27-25-44-20-15-13-16-21-44)56(68)61-47(36-43(5)6)55(67)60-48(37-45-22-17-14-18-23-45)54(66)59-30-29-42(3)4/h2,13-18,20-23,26,28,38,42-43,47-49H,8,10-12,19,24-25,27,29-37,39-41H2,1,3-7H3,(H2-,59,60,61,66,67,68)/p+1/t47-,48-,49-,58+/m0/s1. The summed E-state index contributed by atoms with van der Waals surface area (Å²) in [6.07, 6.45) is 12.3. The van der Waals surface area contributed by atoms with Crippen molar-refractivity contribution < 1.29 is 52.2 Å². The number of aryl methyl sites for hydroxylation is 1. The Morgan fingerprint density at radius 3 is 2.07 bits per heavy atom. The number of morpholine rings is 1. The number of quaternary nitrogens is 1. The largest absolute Gasteiger partial charge is 0.477 e. The van der Waals surface area contributed by atoms with Gasteiger partial charge in [-0.3, -0.25) is 33.7 Å². The van der Waals surface area contributed by atoms with Crippen molar-refractivity contribution in [1.82, 2.24) is 20.9 Å². The van der Waals surface area contributed by atoms with Gasteiger partial charge in [-0.2, -0.15) is 0 Å². The van der Waals surface area contributed by atoms with Crippen molar-refractivity contribution in [3.63, 3.8) is 0 Å². The highest BCUT2D eigenvalue weighted by Crippen LogP contribution is 2.33. The minimum absolute atomic E-state index is 0.0478. The molecule has 0 saturated carbocycles. The average Bonchev–Trinajstić information content (AvgIpc) is 4.13. The number of esters is 1. The van der Waals surface area contributed by atoms with Gasteiger partial charge in [-0.05, 0) is 80.2 Å². The fourth-order valence-corrected chi connectivity index (χ4v) is 9.02. The number of rotatable bonds is 30. The predicted octanol–water partition coefficient (Wildman–Crippen LogP) is 6.88. The number of ether oxygens (including phenoxy) is 4. The smallest absolute Gasteiger partial charge is 0.311 e. The van der Waals surface area contributed by atoms with Crippen molar-refractivity contribution >= 4 is 35.5 Å². The van der Waals surface area contributed by atoms with E-state index in [0.717, 1.165) is 60.1 Å². The van der Waals surface area contributed by atoms with Gasteiger partial charge in [0.25, 0.3) is 11.8 Å². The van der Waals surface area contributed by atoms with Gasteiger partial charge in [-0.1, -0.05) is 127 Å². The molecule has 15 heteroatoms. The third kappa shape index (κ3) is 18.7. The Morgan fingerprint density at radius 2 is 1.44 bits per heavy atom. The molecule has 2 aliphatic heterocycles. The highest BCUT2D eigenvalue weighted by molar-refractivity contribution is 6.05. The van der Waals surface area contributed by atoms with Crippen LogP contribution in [0.15, 0.2) is 78.9 Å². The van der Waals surface area contributed by atoms with Gasteiger partial charge in [0, 0.05) is 24.9 Å². The first kappa shape index (κ1) is 57.8. The number of unbranched alkanes of at least 4 members (excludes halogenated alkanes) is 4. The number of benzene rings is 3. The Kier molecular flexibility index (Phi) is 22.9. The second kappa shape index (κ2) is 29.0. The first-order valence-corrected chi connectivity index (χ1v) is 26.3. The zero-order chi connectivity index (χ0) is 52.8. The predicted molar refractivity (Wildman–Crippen MR) is 280 cm³/mol. The number of nitrogens with one attached hydrogen (secondary N) is 3. The first-order valence-electron chi connectivity index (χ1n) is 26.3. The highest BCUT2D eigenvalue weighted by atomic mass is 16.6. The molecule has 0 spiro atoms. The summed E-state index contributed by atoms with van der Waals surface area (Å²) in [5, 5.41) is 8.90. The molecule has 2 saturated heterocycles. The van der Waals surface area contributed by atoms with Crippen LogP contribution >= 0.6 is 0 Å². The molecule has 15 nitrogen and oxygen atoms in total. The molecule has 3 N–H and O–H groups in total. The van der Waals surface area contributed by atoms with Gasteiger partial charge in [0.1, 0.15) is 44.4 Å². The van der Waals surface area contributed by atoms with E-state index in [2.05, 4.69) is 42.6 Å². The lowest BCUT2D eigenvalue weighted by Gasteiger charge is -2.42. The lowest BCUT2D eigenvalue weighted by molar-refractivity contribution is -0.940. The molecule has 396 valence electrons. The summed E-state index contributed by atoms with van der Waals surface area (Å²) in [5.74, 6) is 0.103. The summed E-state index contributed by atoms with van der Waals surface area (Å²) >= 11 is 0. The molecule has 0 bridgehead atoms. The van der Waals surface area contributed by atoms with Gasteiger partial charge >= 0.3 is 5.97 Å². The molecule has 3 aromatic carbocycles. The Bertz CT molecular complexity index is 2310. The second-order valence-electron chi connectivity index (χ2n) is 20.7. The van der Waals surface area contributed by atoms with E-state index in [1.165, 1.54) is 0 Å². The molecule has 0 radical (unpaired) electrons. The maximum atomic E-state index is 15.3. The van der Waals surface area contributed by atoms with E-state index in [9.17, 15) is 19.2 Å². The molecule has 73 heavy (non-hydrogen) atoms. The van der Waals surface area contributed by atoms with Crippen molar-refractivity contribution in [2.75, 3.05) is 52.6 Å². The summed E-state index contributed by atoms with van der Waals surface area (Å²) < 4.78 is 23.3. The summed E-state index contributed by atoms with van der Waals surface area (Å²) in [6.45, 7) is 13.8. The lowest BCUT2D eigenvalue weighted by Crippen LogP contribution is -2.64. The van der Waals surface area contributed by atoms with E-state index in [1.807, 2.05) is 80.6 Å². The van der Waals surface area contributed by atoms with E-state index in [4.69, 9.17) is 25.4 Å². The Hall–Kier alpha value is -6.08. The number of terminal acetylenes is 1. The van der Waals surface area contributed by atoms with E-state index < -0.39 is 47.4 Å². The van der Waals surface area contributed by atoms with Gasteiger partial charge in [0.15, 0.2) is 23.6 Å². The molecule has 5 amide bonds. The number of hydrogen-bond acceptors (Lipinski definition) is 10. The minimum Gasteiger partial charge on any atom is -0.477 e. The van der Waals surface area contributed by atoms with Crippen LogP contribution in [0.25, 0.3) is 0 Å². The molecule has 2 heterocycles. The van der Waals surface area contributed by atoms with E-state index >= 15 is 9.59 Å². The van der Waals surface area contributed by atoms with Crippen LogP contribution in [-0.2, 0) is 57.6 Å². The third-order valence-electron chi connectivity index (χ3n) is 13.4. The van der Waals surface area contributed by atoms with Crippen LogP contribution in [0.5, 0.6) is 11.5 Å². The van der Waals surface area contributed by atoms with Crippen LogP contribution in [0.1, 0.15) is 116 Å². The number of hydrogen-bond donors (Lipinski definition) is 3. The Labute approximate surface area is 433 Å². The summed E-state index contributed by atoms with van der Waals surface area (Å²) in [6, 6.07) is 20.7. The molecular weight excluding hydrogens is 927 g/mol. The number of amides is 5. The highest BCUT2D eigenvalue weighted by Gasteiger charge is 2.54. The molecule has 0 aromatic heterocycles. The summed E-state index contributed by atoms with van der Waals surface area (Å²) in [5.41, 5.74) is 1.15. The van der Waals surface area contributed by atoms with Crippen LogP contribution < -0.4 is 25.4 Å². The fourth-order valence-electron chi connectivity index (χ4n) is 9.02. The molecule has 0 unspecified atom stereocenters. The van der Waals surface area contributed by atoms with Crippen LogP contribution in [0.3, 0.4) is 0 Å². The Balaban J connectivity index is 1.45. The van der Waals surface area contributed by atoms with E-state index in [-0.39, 0.29) is 73.5 Å². The van der Waals surface area contributed by atoms with Crippen LogP contribution in [-0.4, -0.2) is 121 Å². The zero-order valence-electron chi connectivity index (χ0n) is 44.1. The van der Waals surface area contributed by atoms with Crippen LogP contribution in [0, 0.1) is 24.2 Å². The van der Waals surface area contributed by atoms with Crippen molar-refractivity contribution in [3.8, 4) is 23.8 Å². The number of epoxide rings is 1. The first-order chi connectivity index (χ1) is 35.0. The monoisotopic (exact) mass is 1010 g/mol. The van der Waals surface area contributed by atoms with Crippen LogP contribution in [0.4, 0.5) is 0 Å². The van der Waals surface area contributed by atoms with Crippen LogP contribution in [0.2, 0.25) is 0 Å². The quantitative estimate of drug-likeness (QED) is 0.0159. The third-order valence-corrected chi connectivity index (χ3v) is 13.4. The normalized spacial score (nSPS) is 17.1. The molecule has 5 rings (SSSR count). The number of carbonyl (C=O) groups is 6. The lowest BCUT2D eigenvalue weighted by atomic mass is 9.98. The molecule has 2 fully saturated rings. The van der Waals surface area contributed by atoms with Gasteiger partial charge in [0.05, 0.1) is 19.8 Å². The van der Waals surface area contributed by atoms with E-state index in [0.29, 0.717) is 57.5 Å². The minimum atomic E-state index is -1.35. The van der Waals surface area contributed by atoms with Gasteiger partial charge in [0.2, 0.25) is 17.7 Å². The molecular formula is C58H80N5O10+. The molecule has 3 aromatic rings. The number of nitrogens with zero attached hydrogens (tertiary/aromatic N) is 2. The number of carbonyl (C=O) groups excluding carboxylic acids is 6. The van der Waals surface area contributed by atoms with Crippen molar-refractivity contribution in [2.24, 2.45) is 11.8 Å². The van der Waals surface area contributed by atoms with Crippen molar-refractivity contribution in [1.29, 1.82) is 0 Å². The van der Waals surface area contributed by atoms with Gasteiger partial charge in [-0.15, -0.1) is 6.42 Å². The summed E-state index contributed by atoms with van der Waals surface area (Å²) in [4.78, 5) is 87.4. The van der Waals surface area contributed by atoms with Crippen molar-refractivity contribution in [2.45, 2.75) is 142 Å². The van der Waals surface area contributed by atoms with Crippen molar-refractivity contribution in [3.05, 3.63) is 95.6 Å². The molecule has 2 aliphatic rings. The molecule has 0 aliphatic carbocycles. The maximum absolute atomic E-state index is 15.3. The maximum Gasteiger partial charge on any atom is 0.311 e. The van der Waals surface area contributed by atoms with E-state index in [1.54, 1.807) is 19.1 Å². The second-order valence-corrected chi connectivity index (χ2v) is 20.7. The van der Waals surface area contributed by atoms with Gasteiger partial charge in [-0.25, -0.2) is 0 Å².